The van der Waals surface area contributed by atoms with Crippen LogP contribution in [0, 0.1) is 11.3 Å². The van der Waals surface area contributed by atoms with Crippen LogP contribution in [0.5, 0.6) is 5.75 Å². The van der Waals surface area contributed by atoms with E-state index in [-0.39, 0.29) is 0 Å². The number of benzene rings is 2. The Morgan fingerprint density at radius 3 is 2.60 bits per heavy atom. The van der Waals surface area contributed by atoms with Crippen molar-refractivity contribution in [1.82, 2.24) is 10.2 Å². The van der Waals surface area contributed by atoms with Crippen molar-refractivity contribution in [3.05, 3.63) is 42.0 Å². The highest BCUT2D eigenvalue weighted by Crippen LogP contribution is 2.32. The third kappa shape index (κ3) is 3.56. The summed E-state index contributed by atoms with van der Waals surface area (Å²) in [4.78, 5) is 0. The van der Waals surface area contributed by atoms with Crippen LogP contribution in [-0.2, 0) is 10.0 Å². The average molecular weight is 356 g/mol. The van der Waals surface area contributed by atoms with Crippen LogP contribution < -0.4 is 9.46 Å². The molecule has 2 aromatic carbocycles. The molecule has 0 aliphatic heterocycles. The van der Waals surface area contributed by atoms with E-state index in [1.807, 2.05) is 6.92 Å². The molecule has 3 aromatic rings. The second kappa shape index (κ2) is 6.45. The molecular formula is C17H16N4O3S. The number of anilines is 1. The van der Waals surface area contributed by atoms with Crippen LogP contribution in [0.1, 0.15) is 12.5 Å². The zero-order chi connectivity index (χ0) is 18.0. The molecule has 1 aromatic heterocycles. The lowest BCUT2D eigenvalue weighted by molar-refractivity contribution is 0.340. The van der Waals surface area contributed by atoms with Crippen LogP contribution in [-0.4, -0.2) is 31.5 Å². The minimum Gasteiger partial charge on any atom is -0.492 e. The van der Waals surface area contributed by atoms with Crippen LogP contribution in [0.25, 0.3) is 22.2 Å². The molecule has 0 fully saturated rings. The lowest BCUT2D eigenvalue weighted by Gasteiger charge is -2.07. The lowest BCUT2D eigenvalue weighted by Crippen LogP contribution is -2.09. The van der Waals surface area contributed by atoms with E-state index in [4.69, 9.17) is 4.74 Å². The molecule has 0 atom stereocenters. The molecule has 0 spiro atoms. The highest BCUT2D eigenvalue weighted by atomic mass is 32.2. The van der Waals surface area contributed by atoms with E-state index in [1.54, 1.807) is 36.4 Å². The first-order valence-corrected chi connectivity index (χ1v) is 9.43. The molecule has 128 valence electrons. The van der Waals surface area contributed by atoms with Gasteiger partial charge >= 0.3 is 0 Å². The van der Waals surface area contributed by atoms with E-state index in [1.165, 1.54) is 0 Å². The van der Waals surface area contributed by atoms with Crippen molar-refractivity contribution in [2.45, 2.75) is 6.92 Å². The van der Waals surface area contributed by atoms with Gasteiger partial charge in [0, 0.05) is 16.6 Å². The summed E-state index contributed by atoms with van der Waals surface area (Å²) in [5.74, 6) is 0.510. The Balaban J connectivity index is 2.04. The standard InChI is InChI=1S/C17H16N4O3S/c1-3-24-16-9-14-15(8-12(16)10-18)19-20-17(14)11-4-6-13(7-5-11)21-25(2,22)23/h4-9,21H,3H2,1-2H3,(H,19,20). The number of rotatable bonds is 5. The number of ether oxygens (including phenoxy) is 1. The number of nitriles is 1. The number of sulfonamides is 1. The van der Waals surface area contributed by atoms with E-state index in [0.717, 1.165) is 22.7 Å². The molecular weight excluding hydrogens is 340 g/mol. The van der Waals surface area contributed by atoms with E-state index in [9.17, 15) is 13.7 Å². The maximum Gasteiger partial charge on any atom is 0.229 e. The summed E-state index contributed by atoms with van der Waals surface area (Å²) in [6.45, 7) is 2.31. The highest BCUT2D eigenvalue weighted by molar-refractivity contribution is 7.92. The number of fused-ring (bicyclic) bond motifs is 1. The minimum atomic E-state index is -3.32. The van der Waals surface area contributed by atoms with Gasteiger partial charge in [0.1, 0.15) is 17.5 Å². The molecule has 8 heteroatoms. The fraction of sp³-hybridized carbons (Fsp3) is 0.176. The number of hydrogen-bond donors (Lipinski definition) is 2. The second-order valence-corrected chi connectivity index (χ2v) is 7.21. The smallest absolute Gasteiger partial charge is 0.229 e. The molecule has 0 aliphatic rings. The van der Waals surface area contributed by atoms with Gasteiger partial charge in [0.05, 0.1) is 23.9 Å². The highest BCUT2D eigenvalue weighted by Gasteiger charge is 2.13. The first-order chi connectivity index (χ1) is 11.9. The maximum atomic E-state index is 11.3. The number of nitrogens with zero attached hydrogens (tertiary/aromatic N) is 2. The van der Waals surface area contributed by atoms with Gasteiger partial charge in [-0.2, -0.15) is 10.4 Å². The monoisotopic (exact) mass is 356 g/mol. The van der Waals surface area contributed by atoms with E-state index >= 15 is 0 Å². The first-order valence-electron chi connectivity index (χ1n) is 7.54. The molecule has 0 unspecified atom stereocenters. The van der Waals surface area contributed by atoms with Crippen LogP contribution in [0.4, 0.5) is 5.69 Å². The molecule has 0 saturated carbocycles. The van der Waals surface area contributed by atoms with Gasteiger partial charge in [0.2, 0.25) is 10.0 Å². The molecule has 0 saturated heterocycles. The molecule has 2 N–H and O–H groups in total. The first kappa shape index (κ1) is 16.8. The van der Waals surface area contributed by atoms with E-state index < -0.39 is 10.0 Å². The Hall–Kier alpha value is -3.05. The van der Waals surface area contributed by atoms with Gasteiger partial charge in [0.25, 0.3) is 0 Å². The van der Waals surface area contributed by atoms with Gasteiger partial charge in [-0.25, -0.2) is 8.42 Å². The number of aromatic amines is 1. The summed E-state index contributed by atoms with van der Waals surface area (Å²) in [6, 6.07) is 12.5. The number of H-pyrrole nitrogens is 1. The van der Waals surface area contributed by atoms with Gasteiger partial charge in [-0.15, -0.1) is 0 Å². The normalized spacial score (nSPS) is 11.2. The molecule has 3 rings (SSSR count). The largest absolute Gasteiger partial charge is 0.492 e. The fourth-order valence-corrected chi connectivity index (χ4v) is 3.10. The molecule has 7 nitrogen and oxygen atoms in total. The molecule has 25 heavy (non-hydrogen) atoms. The van der Waals surface area contributed by atoms with Crippen LogP contribution in [0.15, 0.2) is 36.4 Å². The van der Waals surface area contributed by atoms with Crippen molar-refractivity contribution in [1.29, 1.82) is 5.26 Å². The summed E-state index contributed by atoms with van der Waals surface area (Å²) in [5.41, 5.74) is 3.17. The Labute approximate surface area is 145 Å². The van der Waals surface area contributed by atoms with Gasteiger partial charge in [-0.05, 0) is 31.2 Å². The third-order valence-electron chi connectivity index (χ3n) is 3.54. The van der Waals surface area contributed by atoms with Gasteiger partial charge in [0.15, 0.2) is 0 Å². The Bertz CT molecular complexity index is 1060. The molecule has 0 radical (unpaired) electrons. The van der Waals surface area contributed by atoms with Crippen molar-refractivity contribution in [2.75, 3.05) is 17.6 Å². The quantitative estimate of drug-likeness (QED) is 0.731. The molecule has 0 aliphatic carbocycles. The Morgan fingerprint density at radius 1 is 1.28 bits per heavy atom. The number of aromatic nitrogens is 2. The summed E-state index contributed by atoms with van der Waals surface area (Å²) in [5, 5.41) is 17.3. The van der Waals surface area contributed by atoms with Crippen LogP contribution in [0.2, 0.25) is 0 Å². The zero-order valence-electron chi connectivity index (χ0n) is 13.7. The average Bonchev–Trinajstić information content (AvgIpc) is 2.96. The minimum absolute atomic E-state index is 0.442. The van der Waals surface area contributed by atoms with E-state index in [0.29, 0.717) is 29.3 Å². The fourth-order valence-electron chi connectivity index (χ4n) is 2.54. The summed E-state index contributed by atoms with van der Waals surface area (Å²) >= 11 is 0. The maximum absolute atomic E-state index is 11.3. The van der Waals surface area contributed by atoms with Crippen molar-refractivity contribution < 1.29 is 13.2 Å². The van der Waals surface area contributed by atoms with Gasteiger partial charge in [-0.3, -0.25) is 9.82 Å². The summed E-state index contributed by atoms with van der Waals surface area (Å²) in [6.07, 6.45) is 1.10. The van der Waals surface area contributed by atoms with Crippen molar-refractivity contribution in [3.63, 3.8) is 0 Å². The Morgan fingerprint density at radius 2 is 2.00 bits per heavy atom. The summed E-state index contributed by atoms with van der Waals surface area (Å²) < 4.78 is 30.5. The van der Waals surface area contributed by atoms with Crippen LogP contribution in [0.3, 0.4) is 0 Å². The number of hydrogen-bond acceptors (Lipinski definition) is 5. The number of nitrogens with one attached hydrogen (secondary N) is 2. The van der Waals surface area contributed by atoms with E-state index in [2.05, 4.69) is 21.0 Å². The molecule has 1 heterocycles. The van der Waals surface area contributed by atoms with Gasteiger partial charge < -0.3 is 4.74 Å². The predicted octanol–water partition coefficient (Wildman–Crippen LogP) is 2.87. The molecule has 0 bridgehead atoms. The molecule has 0 amide bonds. The third-order valence-corrected chi connectivity index (χ3v) is 4.15. The van der Waals surface area contributed by atoms with Crippen molar-refractivity contribution in [2.24, 2.45) is 0 Å². The zero-order valence-corrected chi connectivity index (χ0v) is 14.5. The Kier molecular flexibility index (Phi) is 4.33. The summed E-state index contributed by atoms with van der Waals surface area (Å²) in [7, 11) is -3.32. The predicted molar refractivity (Wildman–Crippen MR) is 95.9 cm³/mol. The van der Waals surface area contributed by atoms with Crippen molar-refractivity contribution in [3.8, 4) is 23.1 Å². The van der Waals surface area contributed by atoms with Gasteiger partial charge in [-0.1, -0.05) is 12.1 Å². The lowest BCUT2D eigenvalue weighted by atomic mass is 10.1. The van der Waals surface area contributed by atoms with Crippen LogP contribution >= 0.6 is 0 Å². The topological polar surface area (TPSA) is 108 Å². The second-order valence-electron chi connectivity index (χ2n) is 5.46. The van der Waals surface area contributed by atoms with Crippen molar-refractivity contribution >= 4 is 26.6 Å². The SMILES string of the molecule is CCOc1cc2c(-c3ccc(NS(C)(=O)=O)cc3)n[nH]c2cc1C#N.